The Morgan fingerprint density at radius 1 is 1.40 bits per heavy atom. The molecule has 0 heterocycles. The van der Waals surface area contributed by atoms with Crippen LogP contribution in [0.2, 0.25) is 0 Å². The predicted molar refractivity (Wildman–Crippen MR) is 82.5 cm³/mol. The standard InChI is InChI=1S/C16H32N2O2/c1-5-11-18(13(3)4)12-9-14-8-7-10-16(14,17)15(19)20-6-2/h13-14H,5-12,17H2,1-4H3. The quantitative estimate of drug-likeness (QED) is 0.696. The van der Waals surface area contributed by atoms with Crippen molar-refractivity contribution in [3.63, 3.8) is 0 Å². The van der Waals surface area contributed by atoms with Crippen molar-refractivity contribution in [2.24, 2.45) is 11.7 Å². The normalized spacial score (nSPS) is 26.4. The average molecular weight is 284 g/mol. The Balaban J connectivity index is 2.59. The molecule has 0 aromatic carbocycles. The molecule has 2 N–H and O–H groups in total. The molecular weight excluding hydrogens is 252 g/mol. The maximum Gasteiger partial charge on any atom is 0.326 e. The van der Waals surface area contributed by atoms with E-state index in [0.717, 1.165) is 45.2 Å². The van der Waals surface area contributed by atoms with Gasteiger partial charge < -0.3 is 15.4 Å². The molecule has 118 valence electrons. The van der Waals surface area contributed by atoms with E-state index in [9.17, 15) is 4.79 Å². The molecule has 1 rings (SSSR count). The fourth-order valence-electron chi connectivity index (χ4n) is 3.28. The van der Waals surface area contributed by atoms with Gasteiger partial charge in [0.15, 0.2) is 0 Å². The number of nitrogens with zero attached hydrogens (tertiary/aromatic N) is 1. The summed E-state index contributed by atoms with van der Waals surface area (Å²) in [5.41, 5.74) is 5.63. The third kappa shape index (κ3) is 4.19. The lowest BCUT2D eigenvalue weighted by atomic mass is 9.85. The first kappa shape index (κ1) is 17.4. The maximum absolute atomic E-state index is 12.1. The molecule has 1 saturated carbocycles. The van der Waals surface area contributed by atoms with E-state index >= 15 is 0 Å². The number of hydrogen-bond acceptors (Lipinski definition) is 4. The Labute approximate surface area is 124 Å². The fraction of sp³-hybridized carbons (Fsp3) is 0.938. The van der Waals surface area contributed by atoms with Gasteiger partial charge >= 0.3 is 5.97 Å². The summed E-state index contributed by atoms with van der Waals surface area (Å²) in [6.45, 7) is 11.1. The van der Waals surface area contributed by atoms with Crippen molar-refractivity contribution in [3.05, 3.63) is 0 Å². The van der Waals surface area contributed by atoms with Crippen LogP contribution in [0.3, 0.4) is 0 Å². The van der Waals surface area contributed by atoms with Crippen LogP contribution in [0, 0.1) is 5.92 Å². The summed E-state index contributed by atoms with van der Waals surface area (Å²) in [5, 5.41) is 0. The van der Waals surface area contributed by atoms with E-state index in [0.29, 0.717) is 12.6 Å². The molecule has 4 nitrogen and oxygen atoms in total. The van der Waals surface area contributed by atoms with Crippen LogP contribution in [0.1, 0.15) is 59.8 Å². The van der Waals surface area contributed by atoms with Crippen molar-refractivity contribution in [1.29, 1.82) is 0 Å². The van der Waals surface area contributed by atoms with Crippen molar-refractivity contribution >= 4 is 5.97 Å². The van der Waals surface area contributed by atoms with Gasteiger partial charge in [0.1, 0.15) is 5.54 Å². The number of nitrogens with two attached hydrogens (primary N) is 1. The molecular formula is C16H32N2O2. The zero-order valence-corrected chi connectivity index (χ0v) is 13.7. The minimum Gasteiger partial charge on any atom is -0.465 e. The molecule has 0 aromatic rings. The van der Waals surface area contributed by atoms with E-state index in [1.54, 1.807) is 0 Å². The highest BCUT2D eigenvalue weighted by atomic mass is 16.5. The summed E-state index contributed by atoms with van der Waals surface area (Å²) >= 11 is 0. The molecule has 20 heavy (non-hydrogen) atoms. The number of rotatable bonds is 8. The van der Waals surface area contributed by atoms with E-state index in [-0.39, 0.29) is 11.9 Å². The van der Waals surface area contributed by atoms with Gasteiger partial charge in [-0.2, -0.15) is 0 Å². The highest BCUT2D eigenvalue weighted by Gasteiger charge is 2.46. The zero-order chi connectivity index (χ0) is 15.2. The molecule has 0 amide bonds. The second kappa shape index (κ2) is 7.99. The lowest BCUT2D eigenvalue weighted by Crippen LogP contribution is -2.52. The van der Waals surface area contributed by atoms with Gasteiger partial charge in [0.25, 0.3) is 0 Å². The van der Waals surface area contributed by atoms with Gasteiger partial charge in [0.2, 0.25) is 0 Å². The number of esters is 1. The number of ether oxygens (including phenoxy) is 1. The molecule has 4 heteroatoms. The van der Waals surface area contributed by atoms with Gasteiger partial charge in [-0.1, -0.05) is 13.3 Å². The van der Waals surface area contributed by atoms with Crippen LogP contribution in [0.5, 0.6) is 0 Å². The van der Waals surface area contributed by atoms with E-state index in [4.69, 9.17) is 10.5 Å². The van der Waals surface area contributed by atoms with E-state index in [2.05, 4.69) is 25.7 Å². The summed E-state index contributed by atoms with van der Waals surface area (Å²) in [5.74, 6) is 0.0637. The van der Waals surface area contributed by atoms with Crippen molar-refractivity contribution in [2.45, 2.75) is 71.4 Å². The van der Waals surface area contributed by atoms with Crippen molar-refractivity contribution < 1.29 is 9.53 Å². The lowest BCUT2D eigenvalue weighted by Gasteiger charge is -2.32. The van der Waals surface area contributed by atoms with Gasteiger partial charge in [0, 0.05) is 6.04 Å². The van der Waals surface area contributed by atoms with Crippen molar-refractivity contribution in [1.82, 2.24) is 4.90 Å². The first-order valence-corrected chi connectivity index (χ1v) is 8.15. The fourth-order valence-corrected chi connectivity index (χ4v) is 3.28. The Hall–Kier alpha value is -0.610. The van der Waals surface area contributed by atoms with Gasteiger partial charge in [-0.3, -0.25) is 4.79 Å². The zero-order valence-electron chi connectivity index (χ0n) is 13.7. The van der Waals surface area contributed by atoms with Crippen molar-refractivity contribution in [2.75, 3.05) is 19.7 Å². The van der Waals surface area contributed by atoms with Crippen molar-refractivity contribution in [3.8, 4) is 0 Å². The minimum absolute atomic E-state index is 0.200. The molecule has 2 atom stereocenters. The number of carbonyl (C=O) groups is 1. The second-order valence-electron chi connectivity index (χ2n) is 6.27. The molecule has 1 aliphatic carbocycles. The summed E-state index contributed by atoms with van der Waals surface area (Å²) in [6.07, 6.45) is 5.01. The summed E-state index contributed by atoms with van der Waals surface area (Å²) in [7, 11) is 0. The molecule has 0 spiro atoms. The number of hydrogen-bond donors (Lipinski definition) is 1. The first-order valence-electron chi connectivity index (χ1n) is 8.15. The van der Waals surface area contributed by atoms with Crippen LogP contribution in [0.15, 0.2) is 0 Å². The summed E-state index contributed by atoms with van der Waals surface area (Å²) in [4.78, 5) is 14.6. The molecule has 0 saturated heterocycles. The Bertz CT molecular complexity index is 307. The molecule has 0 aromatic heterocycles. The van der Waals surface area contributed by atoms with E-state index < -0.39 is 5.54 Å². The minimum atomic E-state index is -0.745. The Morgan fingerprint density at radius 2 is 2.10 bits per heavy atom. The SMILES string of the molecule is CCCN(CCC1CCCC1(N)C(=O)OCC)C(C)C. The predicted octanol–water partition coefficient (Wildman–Crippen LogP) is 2.56. The molecule has 1 aliphatic rings. The summed E-state index contributed by atoms with van der Waals surface area (Å²) in [6, 6.07) is 0.547. The van der Waals surface area contributed by atoms with Gasteiger partial charge in [-0.25, -0.2) is 0 Å². The topological polar surface area (TPSA) is 55.6 Å². The van der Waals surface area contributed by atoms with E-state index in [1.807, 2.05) is 6.92 Å². The summed E-state index contributed by atoms with van der Waals surface area (Å²) < 4.78 is 5.18. The van der Waals surface area contributed by atoms with Crippen LogP contribution < -0.4 is 5.73 Å². The lowest BCUT2D eigenvalue weighted by molar-refractivity contribution is -0.151. The Morgan fingerprint density at radius 3 is 2.65 bits per heavy atom. The van der Waals surface area contributed by atoms with Gasteiger partial charge in [0.05, 0.1) is 6.61 Å². The molecule has 1 fully saturated rings. The third-order valence-electron chi connectivity index (χ3n) is 4.53. The Kier molecular flexibility index (Phi) is 6.96. The maximum atomic E-state index is 12.1. The van der Waals surface area contributed by atoms with Gasteiger partial charge in [-0.15, -0.1) is 0 Å². The highest BCUT2D eigenvalue weighted by Crippen LogP contribution is 2.37. The smallest absolute Gasteiger partial charge is 0.326 e. The largest absolute Gasteiger partial charge is 0.465 e. The second-order valence-corrected chi connectivity index (χ2v) is 6.27. The number of carbonyl (C=O) groups excluding carboxylic acids is 1. The molecule has 0 bridgehead atoms. The van der Waals surface area contributed by atoms with Crippen LogP contribution in [0.25, 0.3) is 0 Å². The molecule has 2 unspecified atom stereocenters. The molecule has 0 aliphatic heterocycles. The monoisotopic (exact) mass is 284 g/mol. The first-order chi connectivity index (χ1) is 9.45. The van der Waals surface area contributed by atoms with Gasteiger partial charge in [-0.05, 0) is 65.5 Å². The average Bonchev–Trinajstić information content (AvgIpc) is 2.77. The van der Waals surface area contributed by atoms with E-state index in [1.165, 1.54) is 0 Å². The third-order valence-corrected chi connectivity index (χ3v) is 4.53. The molecule has 0 radical (unpaired) electrons. The van der Waals surface area contributed by atoms with Crippen LogP contribution >= 0.6 is 0 Å². The van der Waals surface area contributed by atoms with Crippen LogP contribution in [-0.2, 0) is 9.53 Å². The highest BCUT2D eigenvalue weighted by molar-refractivity contribution is 5.81. The van der Waals surface area contributed by atoms with Crippen LogP contribution in [0.4, 0.5) is 0 Å². The van der Waals surface area contributed by atoms with Crippen LogP contribution in [-0.4, -0.2) is 42.1 Å².